The van der Waals surface area contributed by atoms with Crippen LogP contribution in [0.4, 0.5) is 0 Å². The summed E-state index contributed by atoms with van der Waals surface area (Å²) in [5.74, 6) is 0.462. The zero-order valence-corrected chi connectivity index (χ0v) is 12.2. The number of aliphatic hydroxyl groups excluding tert-OH is 1. The van der Waals surface area contributed by atoms with Gasteiger partial charge >= 0.3 is 0 Å². The van der Waals surface area contributed by atoms with E-state index in [1.54, 1.807) is 0 Å². The van der Waals surface area contributed by atoms with Gasteiger partial charge in [0.05, 0.1) is 6.10 Å². The fourth-order valence-electron chi connectivity index (χ4n) is 2.50. The number of benzene rings is 2. The Hall–Kier alpha value is -1.64. The Balaban J connectivity index is 1.88. The Kier molecular flexibility index (Phi) is 5.33. The van der Waals surface area contributed by atoms with E-state index in [4.69, 9.17) is 0 Å². The van der Waals surface area contributed by atoms with Gasteiger partial charge in [-0.05, 0) is 24.1 Å². The third-order valence-electron chi connectivity index (χ3n) is 3.62. The molecule has 0 amide bonds. The van der Waals surface area contributed by atoms with Gasteiger partial charge in [0.1, 0.15) is 0 Å². The lowest BCUT2D eigenvalue weighted by Crippen LogP contribution is -2.28. The summed E-state index contributed by atoms with van der Waals surface area (Å²) >= 11 is 0. The summed E-state index contributed by atoms with van der Waals surface area (Å²) < 4.78 is 0. The minimum atomic E-state index is -0.427. The largest absolute Gasteiger partial charge is 0.387 e. The van der Waals surface area contributed by atoms with Crippen LogP contribution in [0.1, 0.15) is 30.1 Å². The average molecular weight is 269 g/mol. The monoisotopic (exact) mass is 269 g/mol. The van der Waals surface area contributed by atoms with Gasteiger partial charge in [0.2, 0.25) is 0 Å². The van der Waals surface area contributed by atoms with Crippen molar-refractivity contribution >= 4 is 0 Å². The van der Waals surface area contributed by atoms with Crippen molar-refractivity contribution in [3.05, 3.63) is 71.8 Å². The van der Waals surface area contributed by atoms with Crippen LogP contribution in [0.15, 0.2) is 60.7 Å². The molecule has 0 saturated carbocycles. The molecule has 2 atom stereocenters. The molecule has 2 nitrogen and oxygen atoms in total. The highest BCUT2D eigenvalue weighted by Gasteiger charge is 2.13. The molecule has 0 fully saturated rings. The predicted octanol–water partition coefficient (Wildman–Crippen LogP) is 3.46. The lowest BCUT2D eigenvalue weighted by atomic mass is 10.0. The molecule has 2 heteroatoms. The van der Waals surface area contributed by atoms with E-state index in [9.17, 15) is 5.11 Å². The summed E-state index contributed by atoms with van der Waals surface area (Å²) in [6.45, 7) is 3.82. The zero-order chi connectivity index (χ0) is 14.4. The van der Waals surface area contributed by atoms with E-state index in [0.717, 1.165) is 12.1 Å². The molecule has 106 valence electrons. The second-order valence-electron chi connectivity index (χ2n) is 5.46. The molecule has 2 aromatic carbocycles. The maximum atomic E-state index is 10.2. The highest BCUT2D eigenvalue weighted by Crippen LogP contribution is 2.18. The fourth-order valence-corrected chi connectivity index (χ4v) is 2.50. The van der Waals surface area contributed by atoms with Crippen molar-refractivity contribution in [2.24, 2.45) is 0 Å². The van der Waals surface area contributed by atoms with E-state index in [1.165, 1.54) is 5.56 Å². The van der Waals surface area contributed by atoms with E-state index >= 15 is 0 Å². The number of likely N-dealkylation sites (N-methyl/N-ethyl adjacent to an activating group) is 1. The third-order valence-corrected chi connectivity index (χ3v) is 3.62. The van der Waals surface area contributed by atoms with E-state index in [1.807, 2.05) is 36.4 Å². The molecule has 0 saturated heterocycles. The summed E-state index contributed by atoms with van der Waals surface area (Å²) in [5, 5.41) is 10.2. The molecule has 0 aromatic heterocycles. The van der Waals surface area contributed by atoms with E-state index in [-0.39, 0.29) is 0 Å². The topological polar surface area (TPSA) is 23.5 Å². The first-order valence-electron chi connectivity index (χ1n) is 7.13. The minimum Gasteiger partial charge on any atom is -0.387 e. The maximum Gasteiger partial charge on any atom is 0.0916 e. The van der Waals surface area contributed by atoms with E-state index in [0.29, 0.717) is 12.5 Å². The Labute approximate surface area is 121 Å². The Morgan fingerprint density at radius 1 is 0.850 bits per heavy atom. The minimum absolute atomic E-state index is 0.427. The lowest BCUT2D eigenvalue weighted by molar-refractivity contribution is 0.124. The van der Waals surface area contributed by atoms with Gasteiger partial charge in [0.15, 0.2) is 0 Å². The van der Waals surface area contributed by atoms with Gasteiger partial charge in [-0.3, -0.25) is 0 Å². The molecule has 0 bridgehead atoms. The first-order valence-corrected chi connectivity index (χ1v) is 7.13. The van der Waals surface area contributed by atoms with Gasteiger partial charge in [-0.15, -0.1) is 0 Å². The zero-order valence-electron chi connectivity index (χ0n) is 12.2. The molecule has 1 N–H and O–H groups in total. The van der Waals surface area contributed by atoms with Gasteiger partial charge in [0.25, 0.3) is 0 Å². The molecule has 2 aromatic rings. The first kappa shape index (κ1) is 14.8. The van der Waals surface area contributed by atoms with Crippen molar-refractivity contribution in [3.63, 3.8) is 0 Å². The summed E-state index contributed by atoms with van der Waals surface area (Å²) in [4.78, 5) is 2.19. The fraction of sp³-hybridized carbons (Fsp3) is 0.333. The number of aliphatic hydroxyl groups is 1. The molecule has 0 heterocycles. The van der Waals surface area contributed by atoms with E-state index in [2.05, 4.69) is 43.1 Å². The number of nitrogens with zero attached hydrogens (tertiary/aromatic N) is 1. The number of hydrogen-bond acceptors (Lipinski definition) is 2. The Morgan fingerprint density at radius 3 is 1.90 bits per heavy atom. The van der Waals surface area contributed by atoms with Crippen LogP contribution in [0.25, 0.3) is 0 Å². The van der Waals surface area contributed by atoms with Crippen LogP contribution in [0, 0.1) is 0 Å². The van der Waals surface area contributed by atoms with Gasteiger partial charge in [0, 0.05) is 13.1 Å². The lowest BCUT2D eigenvalue weighted by Gasteiger charge is -2.24. The van der Waals surface area contributed by atoms with Crippen LogP contribution in [-0.2, 0) is 0 Å². The molecule has 0 aliphatic rings. The molecule has 0 spiro atoms. The van der Waals surface area contributed by atoms with Crippen molar-refractivity contribution in [1.82, 2.24) is 4.90 Å². The number of hydrogen-bond donors (Lipinski definition) is 1. The highest BCUT2D eigenvalue weighted by atomic mass is 16.3. The summed E-state index contributed by atoms with van der Waals surface area (Å²) in [7, 11) is 2.06. The Morgan fingerprint density at radius 2 is 1.35 bits per heavy atom. The van der Waals surface area contributed by atoms with Gasteiger partial charge < -0.3 is 10.0 Å². The average Bonchev–Trinajstić information content (AvgIpc) is 2.49. The second-order valence-corrected chi connectivity index (χ2v) is 5.46. The SMILES string of the molecule is C[C@@H](CN(C)C[C@H](O)c1ccccc1)c1ccccc1. The van der Waals surface area contributed by atoms with Crippen LogP contribution >= 0.6 is 0 Å². The van der Waals surface area contributed by atoms with Gasteiger partial charge in [-0.25, -0.2) is 0 Å². The maximum absolute atomic E-state index is 10.2. The van der Waals surface area contributed by atoms with Crippen LogP contribution in [0.2, 0.25) is 0 Å². The summed E-state index contributed by atoms with van der Waals surface area (Å²) in [6, 6.07) is 20.3. The van der Waals surface area contributed by atoms with Gasteiger partial charge in [-0.2, -0.15) is 0 Å². The standard InChI is InChI=1S/C18H23NO/c1-15(16-9-5-3-6-10-16)13-19(2)14-18(20)17-11-7-4-8-12-17/h3-12,15,18,20H,13-14H2,1-2H3/t15-,18-/m0/s1. The quantitative estimate of drug-likeness (QED) is 0.868. The molecule has 0 aliphatic heterocycles. The van der Waals surface area contributed by atoms with Crippen molar-refractivity contribution in [2.45, 2.75) is 18.9 Å². The molecule has 0 unspecified atom stereocenters. The van der Waals surface area contributed by atoms with Crippen LogP contribution in [0.5, 0.6) is 0 Å². The normalized spacial score (nSPS) is 14.2. The van der Waals surface area contributed by atoms with E-state index < -0.39 is 6.10 Å². The molecular weight excluding hydrogens is 246 g/mol. The van der Waals surface area contributed by atoms with Crippen molar-refractivity contribution < 1.29 is 5.11 Å². The molecule has 0 radical (unpaired) electrons. The van der Waals surface area contributed by atoms with Crippen molar-refractivity contribution in [1.29, 1.82) is 0 Å². The van der Waals surface area contributed by atoms with Crippen molar-refractivity contribution in [3.8, 4) is 0 Å². The number of rotatable bonds is 6. The highest BCUT2D eigenvalue weighted by molar-refractivity contribution is 5.19. The van der Waals surface area contributed by atoms with Crippen molar-refractivity contribution in [2.75, 3.05) is 20.1 Å². The Bertz CT molecular complexity index is 450. The summed E-state index contributed by atoms with van der Waals surface area (Å²) in [5.41, 5.74) is 2.32. The molecular formula is C18H23NO. The summed E-state index contributed by atoms with van der Waals surface area (Å²) in [6.07, 6.45) is -0.427. The first-order chi connectivity index (χ1) is 9.66. The van der Waals surface area contributed by atoms with Crippen LogP contribution in [-0.4, -0.2) is 30.1 Å². The third kappa shape index (κ3) is 4.19. The van der Waals surface area contributed by atoms with Gasteiger partial charge in [-0.1, -0.05) is 67.6 Å². The molecule has 2 rings (SSSR count). The smallest absolute Gasteiger partial charge is 0.0916 e. The van der Waals surface area contributed by atoms with Crippen LogP contribution < -0.4 is 0 Å². The van der Waals surface area contributed by atoms with Crippen LogP contribution in [0.3, 0.4) is 0 Å². The predicted molar refractivity (Wildman–Crippen MR) is 83.8 cm³/mol. The molecule has 0 aliphatic carbocycles. The second kappa shape index (κ2) is 7.22. The molecule has 20 heavy (non-hydrogen) atoms.